The standard InChI is InChI=1S/C19H20N4O3S/c1-13-8-14(2)23(21-13)17-5-4-16(9-20-17)19(25)26-11-18(24)22(3)10-15-6-7-27-12-15/h4-9,12H,10-11H2,1-3H3. The summed E-state index contributed by atoms with van der Waals surface area (Å²) in [6.07, 6.45) is 1.42. The number of carbonyl (C=O) groups is 2. The first-order valence-corrected chi connectivity index (χ1v) is 9.30. The number of thiophene rings is 1. The SMILES string of the molecule is Cc1cc(C)n(-c2ccc(C(=O)OCC(=O)N(C)Cc3ccsc3)cn2)n1. The Morgan fingerprint density at radius 2 is 2.07 bits per heavy atom. The van der Waals surface area contributed by atoms with Gasteiger partial charge in [0, 0.05) is 25.5 Å². The smallest absolute Gasteiger partial charge is 0.340 e. The largest absolute Gasteiger partial charge is 0.452 e. The summed E-state index contributed by atoms with van der Waals surface area (Å²) in [5.41, 5.74) is 3.18. The normalized spacial score (nSPS) is 10.6. The number of nitrogens with zero attached hydrogens (tertiary/aromatic N) is 4. The molecule has 3 rings (SSSR count). The van der Waals surface area contributed by atoms with Crippen LogP contribution in [0, 0.1) is 13.8 Å². The van der Waals surface area contributed by atoms with Gasteiger partial charge in [0.25, 0.3) is 5.91 Å². The van der Waals surface area contributed by atoms with Gasteiger partial charge in [0.05, 0.1) is 11.3 Å². The van der Waals surface area contributed by atoms with Crippen LogP contribution in [0.2, 0.25) is 0 Å². The third-order valence-electron chi connectivity index (χ3n) is 3.96. The van der Waals surface area contributed by atoms with E-state index in [4.69, 9.17) is 4.74 Å². The van der Waals surface area contributed by atoms with Gasteiger partial charge in [-0.15, -0.1) is 0 Å². The molecule has 0 aliphatic heterocycles. The lowest BCUT2D eigenvalue weighted by Gasteiger charge is -2.16. The number of hydrogen-bond donors (Lipinski definition) is 0. The molecule has 0 spiro atoms. The molecule has 3 aromatic rings. The van der Waals surface area contributed by atoms with Crippen LogP contribution in [0.1, 0.15) is 27.3 Å². The topological polar surface area (TPSA) is 77.3 Å². The summed E-state index contributed by atoms with van der Waals surface area (Å²) < 4.78 is 6.82. The average Bonchev–Trinajstić information content (AvgIpc) is 3.28. The van der Waals surface area contributed by atoms with E-state index >= 15 is 0 Å². The molecule has 0 atom stereocenters. The highest BCUT2D eigenvalue weighted by Crippen LogP contribution is 2.11. The first-order chi connectivity index (χ1) is 12.9. The number of esters is 1. The Bertz CT molecular complexity index is 933. The zero-order valence-corrected chi connectivity index (χ0v) is 16.2. The van der Waals surface area contributed by atoms with Gasteiger partial charge in [0.2, 0.25) is 0 Å². The monoisotopic (exact) mass is 384 g/mol. The minimum absolute atomic E-state index is 0.262. The Morgan fingerprint density at radius 1 is 1.26 bits per heavy atom. The minimum atomic E-state index is -0.584. The first-order valence-electron chi connectivity index (χ1n) is 8.36. The molecule has 1 amide bonds. The number of likely N-dealkylation sites (N-methyl/N-ethyl adjacent to an activating group) is 1. The molecule has 0 saturated carbocycles. The fourth-order valence-corrected chi connectivity index (χ4v) is 3.22. The van der Waals surface area contributed by atoms with Crippen LogP contribution in [-0.4, -0.2) is 45.2 Å². The van der Waals surface area contributed by atoms with Crippen molar-refractivity contribution in [2.24, 2.45) is 0 Å². The Kier molecular flexibility index (Phi) is 5.66. The zero-order chi connectivity index (χ0) is 19.4. The van der Waals surface area contributed by atoms with Crippen molar-refractivity contribution in [1.82, 2.24) is 19.7 Å². The van der Waals surface area contributed by atoms with E-state index in [1.165, 1.54) is 11.1 Å². The van der Waals surface area contributed by atoms with Gasteiger partial charge in [0.1, 0.15) is 0 Å². The van der Waals surface area contributed by atoms with Crippen LogP contribution in [0.25, 0.3) is 5.82 Å². The lowest BCUT2D eigenvalue weighted by molar-refractivity contribution is -0.133. The van der Waals surface area contributed by atoms with Crippen molar-refractivity contribution in [3.63, 3.8) is 0 Å². The van der Waals surface area contributed by atoms with E-state index in [1.807, 2.05) is 36.7 Å². The summed E-state index contributed by atoms with van der Waals surface area (Å²) in [7, 11) is 1.68. The van der Waals surface area contributed by atoms with Crippen molar-refractivity contribution < 1.29 is 14.3 Å². The van der Waals surface area contributed by atoms with E-state index in [9.17, 15) is 9.59 Å². The van der Waals surface area contributed by atoms with Crippen LogP contribution in [-0.2, 0) is 16.1 Å². The molecule has 0 aliphatic rings. The lowest BCUT2D eigenvalue weighted by atomic mass is 10.3. The van der Waals surface area contributed by atoms with E-state index in [2.05, 4.69) is 10.1 Å². The van der Waals surface area contributed by atoms with Crippen LogP contribution >= 0.6 is 11.3 Å². The van der Waals surface area contributed by atoms with Gasteiger partial charge in [-0.05, 0) is 54.4 Å². The maximum atomic E-state index is 12.2. The van der Waals surface area contributed by atoms with Crippen LogP contribution in [0.5, 0.6) is 0 Å². The van der Waals surface area contributed by atoms with Crippen molar-refractivity contribution in [1.29, 1.82) is 0 Å². The number of amides is 1. The molecule has 0 N–H and O–H groups in total. The molecule has 0 fully saturated rings. The number of hydrogen-bond acceptors (Lipinski definition) is 6. The molecule has 0 unspecified atom stereocenters. The number of aryl methyl sites for hydroxylation is 2. The molecular weight excluding hydrogens is 364 g/mol. The van der Waals surface area contributed by atoms with E-state index in [-0.39, 0.29) is 18.1 Å². The van der Waals surface area contributed by atoms with Crippen LogP contribution in [0.4, 0.5) is 0 Å². The third-order valence-corrected chi connectivity index (χ3v) is 4.69. The summed E-state index contributed by atoms with van der Waals surface area (Å²) >= 11 is 1.57. The molecule has 3 heterocycles. The number of carbonyl (C=O) groups excluding carboxylic acids is 2. The first kappa shape index (κ1) is 18.8. The quantitative estimate of drug-likeness (QED) is 0.611. The molecule has 8 heteroatoms. The highest BCUT2D eigenvalue weighted by atomic mass is 32.1. The minimum Gasteiger partial charge on any atom is -0.452 e. The lowest BCUT2D eigenvalue weighted by Crippen LogP contribution is -2.30. The number of aromatic nitrogens is 3. The maximum Gasteiger partial charge on any atom is 0.340 e. The van der Waals surface area contributed by atoms with Gasteiger partial charge in [-0.3, -0.25) is 4.79 Å². The Labute approximate surface area is 161 Å². The molecule has 140 valence electrons. The highest BCUT2D eigenvalue weighted by molar-refractivity contribution is 7.07. The van der Waals surface area contributed by atoms with Gasteiger partial charge in [0.15, 0.2) is 12.4 Å². The van der Waals surface area contributed by atoms with E-state index < -0.39 is 5.97 Å². The second-order valence-electron chi connectivity index (χ2n) is 6.20. The Morgan fingerprint density at radius 3 is 2.67 bits per heavy atom. The highest BCUT2D eigenvalue weighted by Gasteiger charge is 2.15. The van der Waals surface area contributed by atoms with Crippen molar-refractivity contribution in [3.05, 3.63) is 63.7 Å². The zero-order valence-electron chi connectivity index (χ0n) is 15.4. The van der Waals surface area contributed by atoms with Crippen LogP contribution < -0.4 is 0 Å². The molecule has 3 aromatic heterocycles. The van der Waals surface area contributed by atoms with E-state index in [0.717, 1.165) is 17.0 Å². The summed E-state index contributed by atoms with van der Waals surface area (Å²) in [6.45, 7) is 4.02. The van der Waals surface area contributed by atoms with Crippen LogP contribution in [0.3, 0.4) is 0 Å². The molecule has 0 saturated heterocycles. The maximum absolute atomic E-state index is 12.2. The fraction of sp³-hybridized carbons (Fsp3) is 0.263. The molecule has 7 nitrogen and oxygen atoms in total. The van der Waals surface area contributed by atoms with Crippen LogP contribution in [0.15, 0.2) is 41.2 Å². The van der Waals surface area contributed by atoms with Crippen molar-refractivity contribution in [2.45, 2.75) is 20.4 Å². The van der Waals surface area contributed by atoms with E-state index in [1.54, 1.807) is 35.2 Å². The van der Waals surface area contributed by atoms with Crippen molar-refractivity contribution >= 4 is 23.2 Å². The summed E-state index contributed by atoms with van der Waals surface area (Å²) in [5.74, 6) is -0.231. The molecule has 0 radical (unpaired) electrons. The Hall–Kier alpha value is -3.00. The summed E-state index contributed by atoms with van der Waals surface area (Å²) in [6, 6.07) is 7.21. The molecule has 0 aliphatic carbocycles. The second-order valence-corrected chi connectivity index (χ2v) is 6.98. The average molecular weight is 384 g/mol. The van der Waals surface area contributed by atoms with Crippen molar-refractivity contribution in [3.8, 4) is 5.82 Å². The van der Waals surface area contributed by atoms with Crippen molar-refractivity contribution in [2.75, 3.05) is 13.7 Å². The predicted octanol–water partition coefficient (Wildman–Crippen LogP) is 2.76. The van der Waals surface area contributed by atoms with E-state index in [0.29, 0.717) is 12.4 Å². The van der Waals surface area contributed by atoms with Gasteiger partial charge in [-0.25, -0.2) is 14.5 Å². The van der Waals surface area contributed by atoms with Gasteiger partial charge >= 0.3 is 5.97 Å². The number of ether oxygens (including phenoxy) is 1. The fourth-order valence-electron chi connectivity index (χ4n) is 2.56. The molecular formula is C19H20N4O3S. The van der Waals surface area contributed by atoms with Gasteiger partial charge < -0.3 is 9.64 Å². The summed E-state index contributed by atoms with van der Waals surface area (Å²) in [4.78, 5) is 30.1. The molecule has 27 heavy (non-hydrogen) atoms. The second kappa shape index (κ2) is 8.13. The summed E-state index contributed by atoms with van der Waals surface area (Å²) in [5, 5.41) is 8.29. The van der Waals surface area contributed by atoms with Gasteiger partial charge in [-0.1, -0.05) is 0 Å². The number of pyridine rings is 1. The molecule has 0 bridgehead atoms. The predicted molar refractivity (Wildman–Crippen MR) is 102 cm³/mol. The number of rotatable bonds is 6. The van der Waals surface area contributed by atoms with Gasteiger partial charge in [-0.2, -0.15) is 16.4 Å². The molecule has 0 aromatic carbocycles. The third kappa shape index (κ3) is 4.59. The Balaban J connectivity index is 1.56.